The number of nitrogens with zero attached hydrogens (tertiary/aromatic N) is 1. The molecule has 4 heteroatoms. The summed E-state index contributed by atoms with van der Waals surface area (Å²) in [5.74, 6) is 0. The van der Waals surface area contributed by atoms with Crippen molar-refractivity contribution in [1.29, 1.82) is 0 Å². The predicted molar refractivity (Wildman–Crippen MR) is 77.6 cm³/mol. The molecule has 0 saturated carbocycles. The highest BCUT2D eigenvalue weighted by Gasteiger charge is 2.22. The van der Waals surface area contributed by atoms with Crippen LogP contribution in [0.15, 0.2) is 24.3 Å². The van der Waals surface area contributed by atoms with Crippen molar-refractivity contribution in [2.75, 3.05) is 37.7 Å². The second-order valence-electron chi connectivity index (χ2n) is 4.96. The number of aliphatic hydroxyl groups is 1. The van der Waals surface area contributed by atoms with Gasteiger partial charge in [-0.2, -0.15) is 0 Å². The van der Waals surface area contributed by atoms with E-state index in [1.54, 1.807) is 0 Å². The Bertz CT molecular complexity index is 397. The van der Waals surface area contributed by atoms with Crippen LogP contribution in [0.1, 0.15) is 25.5 Å². The number of nitrogens with one attached hydrogen (secondary N) is 1. The molecule has 0 aliphatic carbocycles. The van der Waals surface area contributed by atoms with Gasteiger partial charge in [-0.05, 0) is 25.1 Å². The van der Waals surface area contributed by atoms with Gasteiger partial charge in [0.25, 0.3) is 0 Å². The second kappa shape index (κ2) is 6.89. The Kier molecular flexibility index (Phi) is 5.19. The van der Waals surface area contributed by atoms with Crippen LogP contribution in [0.3, 0.4) is 0 Å². The summed E-state index contributed by atoms with van der Waals surface area (Å²) in [5.41, 5.74) is 2.56. The van der Waals surface area contributed by atoms with Gasteiger partial charge in [-0.15, -0.1) is 0 Å². The highest BCUT2D eigenvalue weighted by Crippen LogP contribution is 2.27. The minimum atomic E-state index is -0.0729. The standard InChI is InChI=1S/C15H24N2O2/c1-3-16-12(2)14-6-4-5-7-15(14)17-8-9-19-13(10-17)11-18/h4-7,12-13,16,18H,3,8-11H2,1-2H3. The molecule has 2 N–H and O–H groups in total. The van der Waals surface area contributed by atoms with Crippen LogP contribution in [-0.2, 0) is 4.74 Å². The lowest BCUT2D eigenvalue weighted by Gasteiger charge is -2.35. The number of benzene rings is 1. The molecule has 1 fully saturated rings. The average Bonchev–Trinajstić information content (AvgIpc) is 2.47. The van der Waals surface area contributed by atoms with Gasteiger partial charge in [-0.25, -0.2) is 0 Å². The first kappa shape index (κ1) is 14.3. The van der Waals surface area contributed by atoms with E-state index in [0.29, 0.717) is 12.6 Å². The summed E-state index contributed by atoms with van der Waals surface area (Å²) < 4.78 is 5.52. The quantitative estimate of drug-likeness (QED) is 0.847. The first-order valence-electron chi connectivity index (χ1n) is 7.06. The molecule has 1 aromatic rings. The molecule has 1 aromatic carbocycles. The molecule has 0 aromatic heterocycles. The summed E-state index contributed by atoms with van der Waals surface area (Å²) in [4.78, 5) is 2.31. The monoisotopic (exact) mass is 264 g/mol. The zero-order chi connectivity index (χ0) is 13.7. The lowest BCUT2D eigenvalue weighted by Crippen LogP contribution is -2.44. The maximum absolute atomic E-state index is 9.25. The van der Waals surface area contributed by atoms with E-state index in [9.17, 15) is 5.11 Å². The number of morpholine rings is 1. The van der Waals surface area contributed by atoms with Crippen molar-refractivity contribution in [3.8, 4) is 0 Å². The smallest absolute Gasteiger partial charge is 0.0980 e. The summed E-state index contributed by atoms with van der Waals surface area (Å²) in [7, 11) is 0. The maximum atomic E-state index is 9.25. The summed E-state index contributed by atoms with van der Waals surface area (Å²) in [6.45, 7) is 7.66. The Labute approximate surface area is 115 Å². The van der Waals surface area contributed by atoms with E-state index in [1.807, 2.05) is 0 Å². The molecule has 1 heterocycles. The SMILES string of the molecule is CCNC(C)c1ccccc1N1CCOC(CO)C1. The molecule has 19 heavy (non-hydrogen) atoms. The predicted octanol–water partition coefficient (Wildman–Crippen LogP) is 1.55. The highest BCUT2D eigenvalue weighted by atomic mass is 16.5. The number of rotatable bonds is 5. The highest BCUT2D eigenvalue weighted by molar-refractivity contribution is 5.55. The van der Waals surface area contributed by atoms with Crippen LogP contribution in [0.2, 0.25) is 0 Å². The third-order valence-electron chi connectivity index (χ3n) is 3.60. The Morgan fingerprint density at radius 1 is 1.47 bits per heavy atom. The number of ether oxygens (including phenoxy) is 1. The molecular formula is C15H24N2O2. The Hall–Kier alpha value is -1.10. The number of para-hydroxylation sites is 1. The lowest BCUT2D eigenvalue weighted by molar-refractivity contribution is 0.00351. The molecule has 2 atom stereocenters. The van der Waals surface area contributed by atoms with Gasteiger partial charge in [-0.3, -0.25) is 0 Å². The molecule has 4 nitrogen and oxygen atoms in total. The molecule has 2 rings (SSSR count). The van der Waals surface area contributed by atoms with Gasteiger partial charge >= 0.3 is 0 Å². The molecule has 1 aliphatic rings. The summed E-state index contributed by atoms with van der Waals surface area (Å²) >= 11 is 0. The average molecular weight is 264 g/mol. The molecule has 0 amide bonds. The Balaban J connectivity index is 2.18. The fourth-order valence-electron chi connectivity index (χ4n) is 2.61. The minimum Gasteiger partial charge on any atom is -0.394 e. The molecule has 0 radical (unpaired) electrons. The van der Waals surface area contributed by atoms with E-state index in [-0.39, 0.29) is 12.7 Å². The van der Waals surface area contributed by atoms with Gasteiger partial charge in [0.15, 0.2) is 0 Å². The van der Waals surface area contributed by atoms with Gasteiger partial charge in [0.1, 0.15) is 0 Å². The van der Waals surface area contributed by atoms with Crippen molar-refractivity contribution in [3.63, 3.8) is 0 Å². The molecule has 0 spiro atoms. The Morgan fingerprint density at radius 2 is 2.26 bits per heavy atom. The third-order valence-corrected chi connectivity index (χ3v) is 3.60. The zero-order valence-electron chi connectivity index (χ0n) is 11.8. The van der Waals surface area contributed by atoms with E-state index in [4.69, 9.17) is 4.74 Å². The first-order valence-corrected chi connectivity index (χ1v) is 7.06. The van der Waals surface area contributed by atoms with Crippen LogP contribution in [0, 0.1) is 0 Å². The number of hydrogen-bond acceptors (Lipinski definition) is 4. The zero-order valence-corrected chi connectivity index (χ0v) is 11.8. The van der Waals surface area contributed by atoms with Crippen molar-refractivity contribution in [1.82, 2.24) is 5.32 Å². The van der Waals surface area contributed by atoms with E-state index in [0.717, 1.165) is 19.6 Å². The summed E-state index contributed by atoms with van der Waals surface area (Å²) in [6.07, 6.45) is -0.0729. The van der Waals surface area contributed by atoms with Gasteiger partial charge in [-0.1, -0.05) is 25.1 Å². The van der Waals surface area contributed by atoms with E-state index in [1.165, 1.54) is 11.3 Å². The van der Waals surface area contributed by atoms with E-state index in [2.05, 4.69) is 48.3 Å². The second-order valence-corrected chi connectivity index (χ2v) is 4.96. The minimum absolute atomic E-state index is 0.0729. The van der Waals surface area contributed by atoms with Crippen LogP contribution in [-0.4, -0.2) is 44.1 Å². The molecular weight excluding hydrogens is 240 g/mol. The normalized spacial score (nSPS) is 21.4. The van der Waals surface area contributed by atoms with Gasteiger partial charge in [0.05, 0.1) is 19.3 Å². The number of hydrogen-bond donors (Lipinski definition) is 2. The van der Waals surface area contributed by atoms with E-state index < -0.39 is 0 Å². The molecule has 106 valence electrons. The Morgan fingerprint density at radius 3 is 3.00 bits per heavy atom. The van der Waals surface area contributed by atoms with Gasteiger partial charge in [0.2, 0.25) is 0 Å². The summed E-state index contributed by atoms with van der Waals surface area (Å²) in [6, 6.07) is 8.81. The maximum Gasteiger partial charge on any atom is 0.0980 e. The fourth-order valence-corrected chi connectivity index (χ4v) is 2.61. The van der Waals surface area contributed by atoms with Crippen LogP contribution < -0.4 is 10.2 Å². The first-order chi connectivity index (χ1) is 9.26. The molecule has 1 saturated heterocycles. The van der Waals surface area contributed by atoms with Crippen molar-refractivity contribution >= 4 is 5.69 Å². The number of anilines is 1. The van der Waals surface area contributed by atoms with E-state index >= 15 is 0 Å². The summed E-state index contributed by atoms with van der Waals surface area (Å²) in [5, 5.41) is 12.7. The van der Waals surface area contributed by atoms with Crippen molar-refractivity contribution < 1.29 is 9.84 Å². The van der Waals surface area contributed by atoms with Crippen LogP contribution in [0.25, 0.3) is 0 Å². The lowest BCUT2D eigenvalue weighted by atomic mass is 10.0. The van der Waals surface area contributed by atoms with Gasteiger partial charge < -0.3 is 20.1 Å². The van der Waals surface area contributed by atoms with Gasteiger partial charge in [0, 0.05) is 24.8 Å². The molecule has 1 aliphatic heterocycles. The van der Waals surface area contributed by atoms with Crippen molar-refractivity contribution in [3.05, 3.63) is 29.8 Å². The topological polar surface area (TPSA) is 44.7 Å². The fraction of sp³-hybridized carbons (Fsp3) is 0.600. The molecule has 0 bridgehead atoms. The number of aliphatic hydroxyl groups excluding tert-OH is 1. The molecule has 2 unspecified atom stereocenters. The van der Waals surface area contributed by atoms with Crippen LogP contribution >= 0.6 is 0 Å². The largest absolute Gasteiger partial charge is 0.394 e. The third kappa shape index (κ3) is 3.47. The van der Waals surface area contributed by atoms with Crippen LogP contribution in [0.5, 0.6) is 0 Å². The van der Waals surface area contributed by atoms with Crippen LogP contribution in [0.4, 0.5) is 5.69 Å². The van der Waals surface area contributed by atoms with Crippen molar-refractivity contribution in [2.45, 2.75) is 26.0 Å². The van der Waals surface area contributed by atoms with Crippen molar-refractivity contribution in [2.24, 2.45) is 0 Å².